The average Bonchev–Trinajstić information content (AvgIpc) is 3.14. The Labute approximate surface area is 152 Å². The monoisotopic (exact) mass is 344 g/mol. The van der Waals surface area contributed by atoms with Gasteiger partial charge in [-0.2, -0.15) is 5.26 Å². The molecule has 2 aromatic heterocycles. The fourth-order valence-electron chi connectivity index (χ4n) is 3.76. The number of nitriles is 1. The van der Waals surface area contributed by atoms with Crippen molar-refractivity contribution in [3.05, 3.63) is 60.4 Å². The molecular formula is C20H20N6. The first-order valence-electron chi connectivity index (χ1n) is 8.80. The van der Waals surface area contributed by atoms with E-state index in [4.69, 9.17) is 0 Å². The summed E-state index contributed by atoms with van der Waals surface area (Å²) in [5.41, 5.74) is 3.92. The first kappa shape index (κ1) is 16.3. The van der Waals surface area contributed by atoms with Crippen LogP contribution in [0.15, 0.2) is 49.1 Å². The van der Waals surface area contributed by atoms with Crippen molar-refractivity contribution >= 4 is 5.69 Å². The van der Waals surface area contributed by atoms with Crippen LogP contribution in [0.4, 0.5) is 5.69 Å². The molecule has 6 heteroatoms. The predicted octanol–water partition coefficient (Wildman–Crippen LogP) is 3.13. The van der Waals surface area contributed by atoms with Gasteiger partial charge in [0.25, 0.3) is 0 Å². The Morgan fingerprint density at radius 3 is 2.54 bits per heavy atom. The average molecular weight is 344 g/mol. The van der Waals surface area contributed by atoms with Crippen molar-refractivity contribution in [1.29, 1.82) is 5.26 Å². The van der Waals surface area contributed by atoms with Crippen molar-refractivity contribution in [2.75, 3.05) is 18.0 Å². The molecule has 0 spiro atoms. The van der Waals surface area contributed by atoms with Crippen molar-refractivity contribution in [3.8, 4) is 17.2 Å². The molecule has 0 amide bonds. The van der Waals surface area contributed by atoms with E-state index in [1.165, 1.54) is 0 Å². The van der Waals surface area contributed by atoms with Gasteiger partial charge in [0.15, 0.2) is 0 Å². The third-order valence-corrected chi connectivity index (χ3v) is 5.07. The smallest absolute Gasteiger partial charge is 0.135 e. The number of hydrogen-bond donors (Lipinski definition) is 0. The molecular weight excluding hydrogens is 324 g/mol. The summed E-state index contributed by atoms with van der Waals surface area (Å²) in [6.45, 7) is 1.79. The number of anilines is 1. The summed E-state index contributed by atoms with van der Waals surface area (Å²) in [6, 6.07) is 12.3. The molecule has 1 aromatic carbocycles. The Kier molecular flexibility index (Phi) is 4.36. The molecule has 0 saturated carbocycles. The number of para-hydroxylation sites is 1. The van der Waals surface area contributed by atoms with Crippen LogP contribution in [0.1, 0.15) is 30.1 Å². The van der Waals surface area contributed by atoms with E-state index in [1.807, 2.05) is 35.9 Å². The maximum Gasteiger partial charge on any atom is 0.135 e. The van der Waals surface area contributed by atoms with Gasteiger partial charge in [-0.15, -0.1) is 10.2 Å². The van der Waals surface area contributed by atoms with Crippen molar-refractivity contribution in [2.24, 2.45) is 7.05 Å². The fourth-order valence-corrected chi connectivity index (χ4v) is 3.76. The number of aromatic nitrogens is 4. The van der Waals surface area contributed by atoms with Gasteiger partial charge < -0.3 is 9.47 Å². The predicted molar refractivity (Wildman–Crippen MR) is 99.6 cm³/mol. The SMILES string of the molecule is Cn1cnnc1C1CCN(c2c(C#N)cccc2-c2ccncc2)CC1. The van der Waals surface area contributed by atoms with E-state index in [2.05, 4.69) is 32.2 Å². The van der Waals surface area contributed by atoms with Gasteiger partial charge in [0, 0.05) is 44.0 Å². The van der Waals surface area contributed by atoms with Gasteiger partial charge in [-0.3, -0.25) is 4.98 Å². The molecule has 1 aliphatic heterocycles. The van der Waals surface area contributed by atoms with Crippen LogP contribution in [-0.4, -0.2) is 32.8 Å². The second-order valence-electron chi connectivity index (χ2n) is 6.61. The Hall–Kier alpha value is -3.20. The molecule has 130 valence electrons. The van der Waals surface area contributed by atoms with Gasteiger partial charge in [0.05, 0.1) is 11.3 Å². The number of rotatable bonds is 3. The molecule has 26 heavy (non-hydrogen) atoms. The van der Waals surface area contributed by atoms with Crippen LogP contribution in [0.2, 0.25) is 0 Å². The number of aryl methyl sites for hydroxylation is 1. The zero-order chi connectivity index (χ0) is 17.9. The first-order chi connectivity index (χ1) is 12.8. The Bertz CT molecular complexity index is 932. The van der Waals surface area contributed by atoms with E-state index in [1.54, 1.807) is 18.7 Å². The minimum Gasteiger partial charge on any atom is -0.370 e. The molecule has 1 aliphatic rings. The molecule has 3 aromatic rings. The third-order valence-electron chi connectivity index (χ3n) is 5.07. The standard InChI is InChI=1S/C20H20N6/c1-25-14-23-24-20(25)16-7-11-26(12-8-16)19-17(13-21)3-2-4-18(19)15-5-9-22-10-6-15/h2-6,9-10,14,16H,7-8,11-12H2,1H3. The van der Waals surface area contributed by atoms with Crippen LogP contribution in [0.3, 0.4) is 0 Å². The topological polar surface area (TPSA) is 70.6 Å². The van der Waals surface area contributed by atoms with Crippen LogP contribution in [0.25, 0.3) is 11.1 Å². The Balaban J connectivity index is 1.64. The van der Waals surface area contributed by atoms with Crippen LogP contribution < -0.4 is 4.90 Å². The summed E-state index contributed by atoms with van der Waals surface area (Å²) < 4.78 is 2.01. The summed E-state index contributed by atoms with van der Waals surface area (Å²) in [5, 5.41) is 17.9. The molecule has 6 nitrogen and oxygen atoms in total. The van der Waals surface area contributed by atoms with Gasteiger partial charge >= 0.3 is 0 Å². The van der Waals surface area contributed by atoms with E-state index in [0.717, 1.165) is 54.1 Å². The maximum atomic E-state index is 9.65. The molecule has 0 N–H and O–H groups in total. The summed E-state index contributed by atoms with van der Waals surface area (Å²) >= 11 is 0. The van der Waals surface area contributed by atoms with Crippen molar-refractivity contribution < 1.29 is 0 Å². The molecule has 0 atom stereocenters. The number of nitrogens with zero attached hydrogens (tertiary/aromatic N) is 6. The van der Waals surface area contributed by atoms with Crippen LogP contribution in [0, 0.1) is 11.3 Å². The van der Waals surface area contributed by atoms with E-state index < -0.39 is 0 Å². The second kappa shape index (κ2) is 6.96. The zero-order valence-corrected chi connectivity index (χ0v) is 14.7. The largest absolute Gasteiger partial charge is 0.370 e. The van der Waals surface area contributed by atoms with E-state index in [-0.39, 0.29) is 0 Å². The minimum atomic E-state index is 0.414. The molecule has 1 saturated heterocycles. The van der Waals surface area contributed by atoms with Crippen LogP contribution in [0.5, 0.6) is 0 Å². The molecule has 0 radical (unpaired) electrons. The van der Waals surface area contributed by atoms with Gasteiger partial charge in [-0.05, 0) is 36.6 Å². The highest BCUT2D eigenvalue weighted by Crippen LogP contribution is 2.37. The third kappa shape index (κ3) is 2.93. The quantitative estimate of drug-likeness (QED) is 0.730. The van der Waals surface area contributed by atoms with Crippen LogP contribution >= 0.6 is 0 Å². The minimum absolute atomic E-state index is 0.414. The normalized spacial score (nSPS) is 15.0. The van der Waals surface area contributed by atoms with Crippen LogP contribution in [-0.2, 0) is 7.05 Å². The molecule has 4 rings (SSSR count). The Morgan fingerprint density at radius 2 is 1.88 bits per heavy atom. The number of pyridine rings is 1. The van der Waals surface area contributed by atoms with Gasteiger partial charge in [-0.1, -0.05) is 12.1 Å². The highest BCUT2D eigenvalue weighted by Gasteiger charge is 2.26. The molecule has 0 bridgehead atoms. The van der Waals surface area contributed by atoms with Crippen molar-refractivity contribution in [2.45, 2.75) is 18.8 Å². The van der Waals surface area contributed by atoms with E-state index in [9.17, 15) is 5.26 Å². The number of benzene rings is 1. The molecule has 3 heterocycles. The molecule has 0 unspecified atom stereocenters. The summed E-state index contributed by atoms with van der Waals surface area (Å²) in [4.78, 5) is 6.44. The van der Waals surface area contributed by atoms with Gasteiger partial charge in [0.1, 0.15) is 18.2 Å². The van der Waals surface area contributed by atoms with Gasteiger partial charge in [0.2, 0.25) is 0 Å². The molecule has 1 fully saturated rings. The second-order valence-corrected chi connectivity index (χ2v) is 6.61. The molecule has 0 aliphatic carbocycles. The lowest BCUT2D eigenvalue weighted by atomic mass is 9.93. The van der Waals surface area contributed by atoms with E-state index >= 15 is 0 Å². The lowest BCUT2D eigenvalue weighted by molar-refractivity contribution is 0.474. The fraction of sp³-hybridized carbons (Fsp3) is 0.300. The lowest BCUT2D eigenvalue weighted by Gasteiger charge is -2.35. The van der Waals surface area contributed by atoms with Crippen molar-refractivity contribution in [3.63, 3.8) is 0 Å². The van der Waals surface area contributed by atoms with Gasteiger partial charge in [-0.25, -0.2) is 0 Å². The summed E-state index contributed by atoms with van der Waals surface area (Å²) in [6.07, 6.45) is 7.34. The summed E-state index contributed by atoms with van der Waals surface area (Å²) in [7, 11) is 1.99. The lowest BCUT2D eigenvalue weighted by Crippen LogP contribution is -2.34. The van der Waals surface area contributed by atoms with E-state index in [0.29, 0.717) is 5.92 Å². The highest BCUT2D eigenvalue weighted by molar-refractivity contribution is 5.82. The van der Waals surface area contributed by atoms with Crippen molar-refractivity contribution in [1.82, 2.24) is 19.7 Å². The number of hydrogen-bond acceptors (Lipinski definition) is 5. The zero-order valence-electron chi connectivity index (χ0n) is 14.7. The Morgan fingerprint density at radius 1 is 1.12 bits per heavy atom. The maximum absolute atomic E-state index is 9.65. The first-order valence-corrected chi connectivity index (χ1v) is 8.80. The highest BCUT2D eigenvalue weighted by atomic mass is 15.3. The number of piperidine rings is 1. The summed E-state index contributed by atoms with van der Waals surface area (Å²) in [5.74, 6) is 1.46.